The Labute approximate surface area is 278 Å². The van der Waals surface area contributed by atoms with Crippen molar-refractivity contribution in [1.29, 1.82) is 5.26 Å². The fraction of sp³-hybridized carbons (Fsp3) is 0.632. The third-order valence-corrected chi connectivity index (χ3v) is 9.52. The molecule has 0 spiro atoms. The van der Waals surface area contributed by atoms with Crippen LogP contribution in [0.15, 0.2) is 42.5 Å². The van der Waals surface area contributed by atoms with Crippen LogP contribution in [0, 0.1) is 23.1 Å². The number of nitrogens with zero attached hydrogens (tertiary/aromatic N) is 2. The van der Waals surface area contributed by atoms with E-state index in [-0.39, 0.29) is 29.9 Å². The Balaban J connectivity index is 0.00000705. The van der Waals surface area contributed by atoms with Gasteiger partial charge in [-0.1, -0.05) is 83.6 Å². The van der Waals surface area contributed by atoms with Crippen LogP contribution in [0.5, 0.6) is 11.5 Å². The number of carbonyl (C=O) groups excluding carboxylic acids is 1. The zero-order chi connectivity index (χ0) is 31.6. The minimum atomic E-state index is -0.513. The van der Waals surface area contributed by atoms with Crippen LogP contribution in [0.2, 0.25) is 0 Å². The van der Waals surface area contributed by atoms with Crippen LogP contribution in [0.25, 0.3) is 0 Å². The summed E-state index contributed by atoms with van der Waals surface area (Å²) in [6.45, 7) is 5.18. The second-order valence-electron chi connectivity index (χ2n) is 12.6. The number of hydrogen-bond acceptors (Lipinski definition) is 5. The maximum atomic E-state index is 13.2. The molecule has 0 amide bonds. The minimum Gasteiger partial charge on any atom is -0.493 e. The predicted octanol–water partition coefficient (Wildman–Crippen LogP) is 10.1. The zero-order valence-electron chi connectivity index (χ0n) is 28.0. The number of ketones is 1. The van der Waals surface area contributed by atoms with Gasteiger partial charge < -0.3 is 14.4 Å². The van der Waals surface area contributed by atoms with Crippen molar-refractivity contribution < 1.29 is 18.7 Å². The van der Waals surface area contributed by atoms with E-state index in [2.05, 4.69) is 24.0 Å². The lowest BCUT2D eigenvalue weighted by atomic mass is 9.73. The lowest BCUT2D eigenvalue weighted by molar-refractivity contribution is 0.0838. The zero-order valence-corrected chi connectivity index (χ0v) is 28.8. The summed E-state index contributed by atoms with van der Waals surface area (Å²) in [6.07, 6.45) is 17.9. The molecule has 0 aliphatic carbocycles. The average Bonchev–Trinajstić information content (AvgIpc) is 3.06. The molecule has 0 saturated carbocycles. The second kappa shape index (κ2) is 21.2. The minimum absolute atomic E-state index is 0. The van der Waals surface area contributed by atoms with E-state index in [9.17, 15) is 14.4 Å². The first kappa shape index (κ1) is 38.6. The number of benzene rings is 2. The molecule has 1 unspecified atom stereocenters. The van der Waals surface area contributed by atoms with E-state index < -0.39 is 5.41 Å². The number of unbranched alkanes of at least 4 members (excludes halogenated alkanes) is 10. The summed E-state index contributed by atoms with van der Waals surface area (Å²) in [4.78, 5) is 15.3. The van der Waals surface area contributed by atoms with E-state index in [4.69, 9.17) is 9.47 Å². The molecule has 1 fully saturated rings. The van der Waals surface area contributed by atoms with Gasteiger partial charge >= 0.3 is 0 Å². The Morgan fingerprint density at radius 3 is 1.96 bits per heavy atom. The van der Waals surface area contributed by atoms with Crippen molar-refractivity contribution in [1.82, 2.24) is 4.90 Å². The third kappa shape index (κ3) is 12.2. The number of ether oxygens (including phenoxy) is 2. The van der Waals surface area contributed by atoms with E-state index in [1.165, 1.54) is 57.1 Å². The van der Waals surface area contributed by atoms with Gasteiger partial charge in [0.2, 0.25) is 0 Å². The highest BCUT2D eigenvalue weighted by Gasteiger charge is 2.32. The maximum Gasteiger partial charge on any atom is 0.166 e. The second-order valence-corrected chi connectivity index (χ2v) is 12.6. The summed E-state index contributed by atoms with van der Waals surface area (Å²) in [6, 6.07) is 14.7. The van der Waals surface area contributed by atoms with Gasteiger partial charge in [0.05, 0.1) is 25.7 Å². The van der Waals surface area contributed by atoms with E-state index in [1.54, 1.807) is 26.4 Å². The number of Topliss-reactive ketones (excluding diaryl/α,β-unsaturated/α-hetero) is 1. The van der Waals surface area contributed by atoms with Crippen molar-refractivity contribution in [3.05, 3.63) is 59.4 Å². The first-order valence-corrected chi connectivity index (χ1v) is 17.1. The molecular weight excluding hydrogens is 587 g/mol. The van der Waals surface area contributed by atoms with Crippen molar-refractivity contribution in [3.8, 4) is 17.6 Å². The summed E-state index contributed by atoms with van der Waals surface area (Å²) in [5.41, 5.74) is 1.15. The molecule has 0 radical (unpaired) electrons. The van der Waals surface area contributed by atoms with Crippen molar-refractivity contribution >= 4 is 18.2 Å². The van der Waals surface area contributed by atoms with Crippen LogP contribution >= 0.6 is 12.4 Å². The Morgan fingerprint density at radius 2 is 1.40 bits per heavy atom. The molecule has 1 aliphatic rings. The van der Waals surface area contributed by atoms with Gasteiger partial charge in [0.15, 0.2) is 17.3 Å². The third-order valence-electron chi connectivity index (χ3n) is 9.52. The Morgan fingerprint density at radius 1 is 0.844 bits per heavy atom. The largest absolute Gasteiger partial charge is 0.493 e. The predicted molar refractivity (Wildman–Crippen MR) is 184 cm³/mol. The highest BCUT2D eigenvalue weighted by molar-refractivity contribution is 5.97. The highest BCUT2D eigenvalue weighted by Crippen LogP contribution is 2.39. The quantitative estimate of drug-likeness (QED) is 0.100. The molecule has 3 rings (SSSR count). The van der Waals surface area contributed by atoms with Crippen LogP contribution in [-0.4, -0.2) is 44.5 Å². The van der Waals surface area contributed by atoms with Gasteiger partial charge in [-0.2, -0.15) is 5.26 Å². The van der Waals surface area contributed by atoms with E-state index >= 15 is 0 Å². The molecule has 7 heteroatoms. The van der Waals surface area contributed by atoms with Crippen LogP contribution in [-0.2, 0) is 5.41 Å². The molecule has 1 aliphatic heterocycles. The molecule has 1 atom stereocenters. The molecule has 0 aromatic heterocycles. The molecule has 0 N–H and O–H groups in total. The number of nitriles is 1. The van der Waals surface area contributed by atoms with Crippen molar-refractivity contribution in [3.63, 3.8) is 0 Å². The highest BCUT2D eigenvalue weighted by atomic mass is 35.5. The lowest BCUT2D eigenvalue weighted by Gasteiger charge is -2.31. The molecule has 2 aromatic rings. The van der Waals surface area contributed by atoms with Crippen LogP contribution in [0.1, 0.15) is 126 Å². The molecule has 5 nitrogen and oxygen atoms in total. The Bertz CT molecular complexity index is 1160. The fourth-order valence-electron chi connectivity index (χ4n) is 6.67. The molecule has 0 bridgehead atoms. The van der Waals surface area contributed by atoms with E-state index in [0.717, 1.165) is 83.0 Å². The first-order chi connectivity index (χ1) is 21.5. The first-order valence-electron chi connectivity index (χ1n) is 17.1. The van der Waals surface area contributed by atoms with Gasteiger partial charge in [0, 0.05) is 11.5 Å². The average molecular weight is 643 g/mol. The fourth-order valence-corrected chi connectivity index (χ4v) is 6.67. The Hall–Kier alpha value is -2.62. The topological polar surface area (TPSA) is 62.6 Å². The van der Waals surface area contributed by atoms with Crippen LogP contribution in [0.4, 0.5) is 4.39 Å². The smallest absolute Gasteiger partial charge is 0.166 e. The van der Waals surface area contributed by atoms with Crippen LogP contribution in [0.3, 0.4) is 0 Å². The standard InChI is InChI=1S/C38H55FN2O3.ClH/c1-4-5-6-7-8-9-10-13-24-38(30-40,33-18-21-35(43-2)36(29-33)44-3)25-14-11-12-15-26-41-27-22-32(23-28-41)37(42)31-16-19-34(39)20-17-31;/h16-21,29,32H,4-15,22-28H2,1-3H3;1H. The molecule has 2 aromatic carbocycles. The summed E-state index contributed by atoms with van der Waals surface area (Å²) >= 11 is 0. The Kier molecular flexibility index (Phi) is 18.2. The number of hydrogen-bond donors (Lipinski definition) is 0. The number of carbonyl (C=O) groups is 1. The SMILES string of the molecule is CCCCCCCCCCC(C#N)(CCCCCCN1CCC(C(=O)c2ccc(F)cc2)CC1)c1ccc(OC)c(OC)c1.Cl. The van der Waals surface area contributed by atoms with Gasteiger partial charge in [-0.15, -0.1) is 12.4 Å². The summed E-state index contributed by atoms with van der Waals surface area (Å²) in [5.74, 6) is 1.25. The summed E-state index contributed by atoms with van der Waals surface area (Å²) in [7, 11) is 3.30. The monoisotopic (exact) mass is 642 g/mol. The van der Waals surface area contributed by atoms with Gasteiger partial charge in [-0.3, -0.25) is 4.79 Å². The maximum absolute atomic E-state index is 13.2. The van der Waals surface area contributed by atoms with Gasteiger partial charge in [0.25, 0.3) is 0 Å². The summed E-state index contributed by atoms with van der Waals surface area (Å²) in [5, 5.41) is 10.6. The molecule has 1 heterocycles. The number of halogens is 2. The molecule has 1 saturated heterocycles. The normalized spacial score (nSPS) is 15.1. The number of likely N-dealkylation sites (tertiary alicyclic amines) is 1. The van der Waals surface area contributed by atoms with Gasteiger partial charge in [-0.25, -0.2) is 4.39 Å². The van der Waals surface area contributed by atoms with E-state index in [0.29, 0.717) is 17.1 Å². The van der Waals surface area contributed by atoms with Gasteiger partial charge in [0.1, 0.15) is 5.82 Å². The molecular formula is C38H56ClFN2O3. The van der Waals surface area contributed by atoms with Crippen molar-refractivity contribution in [2.75, 3.05) is 33.9 Å². The van der Waals surface area contributed by atoms with Crippen molar-refractivity contribution in [2.45, 2.75) is 115 Å². The van der Waals surface area contributed by atoms with Crippen molar-refractivity contribution in [2.24, 2.45) is 5.92 Å². The van der Waals surface area contributed by atoms with Crippen LogP contribution < -0.4 is 9.47 Å². The van der Waals surface area contributed by atoms with E-state index in [1.807, 2.05) is 12.1 Å². The lowest BCUT2D eigenvalue weighted by Crippen LogP contribution is -2.36. The number of rotatable bonds is 21. The molecule has 45 heavy (non-hydrogen) atoms. The van der Waals surface area contributed by atoms with Gasteiger partial charge in [-0.05, 0) is 93.7 Å². The number of piperidine rings is 1. The molecule has 250 valence electrons. The number of methoxy groups -OCH3 is 2. The summed E-state index contributed by atoms with van der Waals surface area (Å²) < 4.78 is 24.3.